The first kappa shape index (κ1) is 12.9. The Hall–Kier alpha value is -1.55. The molecule has 1 N–H and O–H groups in total. The number of rotatable bonds is 2. The van der Waals surface area contributed by atoms with Gasteiger partial charge in [0, 0.05) is 11.9 Å². The van der Waals surface area contributed by atoms with Crippen LogP contribution in [0.4, 0.5) is 4.79 Å². The third kappa shape index (κ3) is 2.20. The van der Waals surface area contributed by atoms with Gasteiger partial charge in [-0.1, -0.05) is 37.8 Å². The van der Waals surface area contributed by atoms with E-state index in [0.29, 0.717) is 6.54 Å². The average molecular weight is 260 g/mol. The van der Waals surface area contributed by atoms with Crippen LogP contribution < -0.4 is 10.6 Å². The maximum absolute atomic E-state index is 12.3. The number of hydrogen-bond acceptors (Lipinski definition) is 1. The lowest BCUT2D eigenvalue weighted by Gasteiger charge is -2.19. The largest absolute Gasteiger partial charge is 0.338 e. The van der Waals surface area contributed by atoms with Gasteiger partial charge in [0.25, 0.3) is 0 Å². The second kappa shape index (κ2) is 4.61. The number of aromatic nitrogens is 1. The SMILES string of the molecule is CCNC(=O)n1c([Si](C)(C)C)cc2ccccc21. The third-order valence-electron chi connectivity index (χ3n) is 3.01. The van der Waals surface area contributed by atoms with Gasteiger partial charge in [-0.3, -0.25) is 4.57 Å². The van der Waals surface area contributed by atoms with Crippen molar-refractivity contribution in [3.05, 3.63) is 30.3 Å². The van der Waals surface area contributed by atoms with Crippen LogP contribution in [0.5, 0.6) is 0 Å². The first-order chi connectivity index (χ1) is 8.45. The topological polar surface area (TPSA) is 34.0 Å². The van der Waals surface area contributed by atoms with Gasteiger partial charge in [0.2, 0.25) is 0 Å². The molecule has 0 unspecified atom stereocenters. The first-order valence-corrected chi connectivity index (χ1v) is 9.84. The molecule has 0 aliphatic carbocycles. The molecule has 0 saturated heterocycles. The van der Waals surface area contributed by atoms with Crippen molar-refractivity contribution < 1.29 is 4.79 Å². The maximum atomic E-state index is 12.3. The van der Waals surface area contributed by atoms with E-state index in [4.69, 9.17) is 0 Å². The molecule has 96 valence electrons. The molecule has 1 aromatic carbocycles. The highest BCUT2D eigenvalue weighted by Crippen LogP contribution is 2.17. The van der Waals surface area contributed by atoms with Gasteiger partial charge in [0.05, 0.1) is 13.6 Å². The quantitative estimate of drug-likeness (QED) is 0.828. The van der Waals surface area contributed by atoms with Gasteiger partial charge in [0.1, 0.15) is 0 Å². The summed E-state index contributed by atoms with van der Waals surface area (Å²) < 4.78 is 1.85. The Kier molecular flexibility index (Phi) is 3.30. The van der Waals surface area contributed by atoms with Crippen LogP contribution in [0.3, 0.4) is 0 Å². The monoisotopic (exact) mass is 260 g/mol. The van der Waals surface area contributed by atoms with Crippen molar-refractivity contribution in [1.29, 1.82) is 0 Å². The molecule has 0 atom stereocenters. The zero-order valence-electron chi connectivity index (χ0n) is 11.4. The molecule has 4 heteroatoms. The fourth-order valence-corrected chi connectivity index (χ4v) is 3.64. The molecule has 0 aliphatic rings. The number of para-hydroxylation sites is 1. The van der Waals surface area contributed by atoms with Gasteiger partial charge in [-0.25, -0.2) is 4.79 Å². The number of nitrogens with zero attached hydrogens (tertiary/aromatic N) is 1. The van der Waals surface area contributed by atoms with E-state index in [1.807, 2.05) is 29.7 Å². The number of nitrogens with one attached hydrogen (secondary N) is 1. The summed E-state index contributed by atoms with van der Waals surface area (Å²) in [5, 5.41) is 5.21. The summed E-state index contributed by atoms with van der Waals surface area (Å²) in [5.74, 6) is 0. The Morgan fingerprint density at radius 3 is 2.56 bits per heavy atom. The minimum Gasteiger partial charge on any atom is -0.338 e. The molecule has 1 heterocycles. The molecule has 3 nitrogen and oxygen atoms in total. The molecule has 1 aromatic heterocycles. The van der Waals surface area contributed by atoms with E-state index in [1.165, 1.54) is 5.32 Å². The highest BCUT2D eigenvalue weighted by atomic mass is 28.3. The zero-order valence-corrected chi connectivity index (χ0v) is 12.4. The molecule has 18 heavy (non-hydrogen) atoms. The molecule has 2 aromatic rings. The molecule has 0 fully saturated rings. The molecule has 2 rings (SSSR count). The number of amides is 1. The molecule has 0 spiro atoms. The number of hydrogen-bond donors (Lipinski definition) is 1. The molecule has 1 amide bonds. The molecule has 0 aliphatic heterocycles. The lowest BCUT2D eigenvalue weighted by Crippen LogP contribution is -2.47. The Morgan fingerprint density at radius 2 is 1.94 bits per heavy atom. The summed E-state index contributed by atoms with van der Waals surface area (Å²) in [6.45, 7) is 9.37. The van der Waals surface area contributed by atoms with Gasteiger partial charge >= 0.3 is 6.03 Å². The summed E-state index contributed by atoms with van der Waals surface area (Å²) in [5.41, 5.74) is 1.00. The average Bonchev–Trinajstić information content (AvgIpc) is 2.68. The second-order valence-corrected chi connectivity index (χ2v) is 10.5. The summed E-state index contributed by atoms with van der Waals surface area (Å²) in [7, 11) is -1.55. The van der Waals surface area contributed by atoms with Gasteiger partial charge in [-0.2, -0.15) is 0 Å². The Morgan fingerprint density at radius 1 is 1.28 bits per heavy atom. The first-order valence-electron chi connectivity index (χ1n) is 6.34. The van der Waals surface area contributed by atoms with Crippen molar-refractivity contribution in [2.24, 2.45) is 0 Å². The smallest absolute Gasteiger partial charge is 0.325 e. The van der Waals surface area contributed by atoms with Gasteiger partial charge in [-0.15, -0.1) is 0 Å². The maximum Gasteiger partial charge on any atom is 0.325 e. The van der Waals surface area contributed by atoms with Crippen LogP contribution >= 0.6 is 0 Å². The van der Waals surface area contributed by atoms with Crippen molar-refractivity contribution in [2.75, 3.05) is 6.54 Å². The highest BCUT2D eigenvalue weighted by Gasteiger charge is 2.25. The number of fused-ring (bicyclic) bond motifs is 1. The van der Waals surface area contributed by atoms with Crippen LogP contribution in [-0.2, 0) is 0 Å². The van der Waals surface area contributed by atoms with E-state index < -0.39 is 8.07 Å². The minimum atomic E-state index is -1.55. The van der Waals surface area contributed by atoms with Crippen LogP contribution in [-0.4, -0.2) is 25.2 Å². The van der Waals surface area contributed by atoms with Crippen LogP contribution in [0.1, 0.15) is 6.92 Å². The number of carbonyl (C=O) groups excluding carboxylic acids is 1. The number of carbonyl (C=O) groups is 1. The molecule has 0 bridgehead atoms. The normalized spacial score (nSPS) is 11.8. The molecular weight excluding hydrogens is 240 g/mol. The van der Waals surface area contributed by atoms with E-state index in [9.17, 15) is 4.79 Å². The van der Waals surface area contributed by atoms with Crippen molar-refractivity contribution in [1.82, 2.24) is 9.88 Å². The fourth-order valence-electron chi connectivity index (χ4n) is 2.16. The van der Waals surface area contributed by atoms with E-state index in [1.54, 1.807) is 0 Å². The van der Waals surface area contributed by atoms with E-state index >= 15 is 0 Å². The molecule has 0 radical (unpaired) electrons. The van der Waals surface area contributed by atoms with Crippen LogP contribution in [0, 0.1) is 0 Å². The van der Waals surface area contributed by atoms with Crippen LogP contribution in [0.15, 0.2) is 30.3 Å². The van der Waals surface area contributed by atoms with Crippen molar-refractivity contribution >= 4 is 30.3 Å². The summed E-state index contributed by atoms with van der Waals surface area (Å²) >= 11 is 0. The molecular formula is C14H20N2OSi. The van der Waals surface area contributed by atoms with Gasteiger partial charge in [-0.05, 0) is 24.4 Å². The van der Waals surface area contributed by atoms with E-state index in [0.717, 1.165) is 10.9 Å². The lowest BCUT2D eigenvalue weighted by molar-refractivity contribution is 0.244. The highest BCUT2D eigenvalue weighted by molar-refractivity contribution is 6.88. The van der Waals surface area contributed by atoms with Crippen molar-refractivity contribution in [3.8, 4) is 0 Å². The Labute approximate surface area is 109 Å². The van der Waals surface area contributed by atoms with Crippen LogP contribution in [0.2, 0.25) is 19.6 Å². The Balaban J connectivity index is 2.69. The van der Waals surface area contributed by atoms with Crippen molar-refractivity contribution in [2.45, 2.75) is 26.6 Å². The van der Waals surface area contributed by atoms with E-state index in [-0.39, 0.29) is 6.03 Å². The fraction of sp³-hybridized carbons (Fsp3) is 0.357. The third-order valence-corrected chi connectivity index (χ3v) is 4.92. The lowest BCUT2D eigenvalue weighted by atomic mass is 10.2. The predicted molar refractivity (Wildman–Crippen MR) is 79.4 cm³/mol. The minimum absolute atomic E-state index is 0.0175. The molecule has 0 saturated carbocycles. The predicted octanol–water partition coefficient (Wildman–Crippen LogP) is 2.76. The summed E-state index contributed by atoms with van der Waals surface area (Å²) in [6.07, 6.45) is 0. The Bertz CT molecular complexity index is 581. The van der Waals surface area contributed by atoms with Crippen molar-refractivity contribution in [3.63, 3.8) is 0 Å². The summed E-state index contributed by atoms with van der Waals surface area (Å²) in [6, 6.07) is 10.2. The van der Waals surface area contributed by atoms with Gasteiger partial charge < -0.3 is 5.32 Å². The number of benzene rings is 1. The standard InChI is InChI=1S/C14H20N2OSi/c1-5-15-14(17)16-12-9-7-6-8-11(12)10-13(16)18(2,3)4/h6-10H,5H2,1-4H3,(H,15,17). The zero-order chi connectivity index (χ0) is 13.3. The second-order valence-electron chi connectivity index (χ2n) is 5.51. The van der Waals surface area contributed by atoms with Gasteiger partial charge in [0.15, 0.2) is 0 Å². The van der Waals surface area contributed by atoms with E-state index in [2.05, 4.69) is 37.1 Å². The van der Waals surface area contributed by atoms with Crippen LogP contribution in [0.25, 0.3) is 10.9 Å². The summed E-state index contributed by atoms with van der Waals surface area (Å²) in [4.78, 5) is 12.3.